The Morgan fingerprint density at radius 3 is 2.28 bits per heavy atom. The molecule has 276 valence electrons. The second-order valence-electron chi connectivity index (χ2n) is 12.8. The molecule has 4 aromatic rings. The van der Waals surface area contributed by atoms with Gasteiger partial charge in [0, 0.05) is 45.6 Å². The molecule has 0 saturated carbocycles. The number of carboxylic acid groups (broad SMARTS) is 1. The first-order chi connectivity index (χ1) is 25.2. The van der Waals surface area contributed by atoms with E-state index in [2.05, 4.69) is 5.32 Å². The topological polar surface area (TPSA) is 133 Å². The molecule has 1 saturated heterocycles. The van der Waals surface area contributed by atoms with Gasteiger partial charge in [-0.15, -0.1) is 0 Å². The number of amides is 3. The first-order valence-electron chi connectivity index (χ1n) is 17.0. The second-order valence-corrected chi connectivity index (χ2v) is 12.8. The van der Waals surface area contributed by atoms with Crippen LogP contribution in [0.3, 0.4) is 0 Å². The van der Waals surface area contributed by atoms with Gasteiger partial charge >= 0.3 is 18.1 Å². The molecule has 0 bridgehead atoms. The fraction of sp³-hybridized carbons (Fsp3) is 0.275. The Kier molecular flexibility index (Phi) is 12.0. The minimum absolute atomic E-state index is 0.0223. The molecular weight excluding hydrogens is 691 g/mol. The molecule has 10 nitrogen and oxygen atoms in total. The van der Waals surface area contributed by atoms with Crippen LogP contribution in [-0.2, 0) is 28.6 Å². The van der Waals surface area contributed by atoms with Crippen molar-refractivity contribution in [1.29, 1.82) is 0 Å². The molecule has 3 amide bonds. The minimum Gasteiger partial charge on any atom is -0.478 e. The van der Waals surface area contributed by atoms with Crippen molar-refractivity contribution >= 4 is 35.3 Å². The monoisotopic (exact) mass is 729 g/mol. The van der Waals surface area contributed by atoms with Crippen molar-refractivity contribution in [2.75, 3.05) is 32.5 Å². The van der Waals surface area contributed by atoms with Crippen LogP contribution in [0.5, 0.6) is 5.75 Å². The van der Waals surface area contributed by atoms with Crippen LogP contribution in [0.25, 0.3) is 11.1 Å². The third-order valence-electron chi connectivity index (χ3n) is 8.87. The highest BCUT2D eigenvalue weighted by atomic mass is 19.4. The van der Waals surface area contributed by atoms with Gasteiger partial charge < -0.3 is 25.0 Å². The van der Waals surface area contributed by atoms with Crippen molar-refractivity contribution in [3.05, 3.63) is 118 Å². The summed E-state index contributed by atoms with van der Waals surface area (Å²) in [5.74, 6) is -2.37. The van der Waals surface area contributed by atoms with E-state index < -0.39 is 29.6 Å². The van der Waals surface area contributed by atoms with Crippen LogP contribution in [0.2, 0.25) is 0 Å². The highest BCUT2D eigenvalue weighted by molar-refractivity contribution is 6.11. The van der Waals surface area contributed by atoms with Crippen molar-refractivity contribution in [3.8, 4) is 16.9 Å². The molecule has 0 radical (unpaired) electrons. The van der Waals surface area contributed by atoms with E-state index >= 15 is 0 Å². The standard InChI is InChI=1S/C40H38F3N3O7/c1-45(2)38(50)33-23-25(7-5-11-36(48)53-29-17-18-31(39(51)52)27(24-29)20-22-46-21-6-10-35(46)47)12-19-34(33)44-37(49)32-9-4-3-8-30(32)26-13-15-28(16-14-26)40(41,42)43/h3-4,8-9,12-19,23-24H,5-7,10-11,20-22H2,1-2H3,(H,44,49)(H,51,52). The summed E-state index contributed by atoms with van der Waals surface area (Å²) in [4.78, 5) is 66.3. The lowest BCUT2D eigenvalue weighted by atomic mass is 9.97. The number of rotatable bonds is 13. The van der Waals surface area contributed by atoms with Crippen molar-refractivity contribution < 1.29 is 47.0 Å². The Labute approximate surface area is 304 Å². The lowest BCUT2D eigenvalue weighted by Gasteiger charge is -2.17. The molecule has 5 rings (SSSR count). The number of likely N-dealkylation sites (tertiary alicyclic amines) is 1. The van der Waals surface area contributed by atoms with E-state index in [9.17, 15) is 42.3 Å². The van der Waals surface area contributed by atoms with Crippen molar-refractivity contribution in [2.24, 2.45) is 0 Å². The zero-order chi connectivity index (χ0) is 38.3. The first kappa shape index (κ1) is 38.3. The molecule has 0 aliphatic carbocycles. The summed E-state index contributed by atoms with van der Waals surface area (Å²) in [7, 11) is 3.13. The van der Waals surface area contributed by atoms with Gasteiger partial charge in [0.25, 0.3) is 11.8 Å². The number of carbonyl (C=O) groups excluding carboxylic acids is 4. The summed E-state index contributed by atoms with van der Waals surface area (Å²) in [6.07, 6.45) is -2.19. The van der Waals surface area contributed by atoms with Gasteiger partial charge in [-0.25, -0.2) is 4.79 Å². The number of nitrogens with one attached hydrogen (secondary N) is 1. The number of hydrogen-bond donors (Lipinski definition) is 2. The first-order valence-corrected chi connectivity index (χ1v) is 17.0. The van der Waals surface area contributed by atoms with E-state index in [1.165, 1.54) is 35.2 Å². The number of carboxylic acids is 1. The van der Waals surface area contributed by atoms with Crippen molar-refractivity contribution in [3.63, 3.8) is 0 Å². The summed E-state index contributed by atoms with van der Waals surface area (Å²) in [6, 6.07) is 20.2. The summed E-state index contributed by atoms with van der Waals surface area (Å²) < 4.78 is 44.9. The number of aromatic carboxylic acids is 1. The normalized spacial score (nSPS) is 12.8. The van der Waals surface area contributed by atoms with Crippen molar-refractivity contribution in [1.82, 2.24) is 9.80 Å². The SMILES string of the molecule is CN(C)C(=O)c1cc(CCCC(=O)Oc2ccc(C(=O)O)c(CCN3CCCC3=O)c2)ccc1NC(=O)c1ccccc1-c1ccc(C(F)(F)F)cc1. The molecule has 0 atom stereocenters. The molecule has 13 heteroatoms. The molecule has 0 aromatic heterocycles. The van der Waals surface area contributed by atoms with Gasteiger partial charge in [-0.3, -0.25) is 19.2 Å². The Hall–Kier alpha value is -5.98. The van der Waals surface area contributed by atoms with Crippen LogP contribution in [0.1, 0.15) is 73.4 Å². The van der Waals surface area contributed by atoms with E-state index in [-0.39, 0.29) is 46.4 Å². The van der Waals surface area contributed by atoms with E-state index in [1.807, 2.05) is 0 Å². The minimum atomic E-state index is -4.50. The summed E-state index contributed by atoms with van der Waals surface area (Å²) in [6.45, 7) is 0.995. The molecule has 0 unspecified atom stereocenters. The lowest BCUT2D eigenvalue weighted by molar-refractivity contribution is -0.137. The zero-order valence-corrected chi connectivity index (χ0v) is 29.2. The number of benzene rings is 4. The zero-order valence-electron chi connectivity index (χ0n) is 29.2. The van der Waals surface area contributed by atoms with E-state index in [0.717, 1.165) is 24.1 Å². The largest absolute Gasteiger partial charge is 0.478 e. The number of esters is 1. The van der Waals surface area contributed by atoms with Gasteiger partial charge in [0.2, 0.25) is 5.91 Å². The second kappa shape index (κ2) is 16.6. The molecule has 0 spiro atoms. The van der Waals surface area contributed by atoms with E-state index in [0.29, 0.717) is 55.5 Å². The number of carbonyl (C=O) groups is 5. The van der Waals surface area contributed by atoms with Gasteiger partial charge in [-0.1, -0.05) is 36.4 Å². The number of halogens is 3. The summed E-state index contributed by atoms with van der Waals surface area (Å²) in [5.41, 5.74) is 1.90. The van der Waals surface area contributed by atoms with Crippen LogP contribution in [0.15, 0.2) is 84.9 Å². The number of nitrogens with zero attached hydrogens (tertiary/aromatic N) is 2. The third-order valence-corrected chi connectivity index (χ3v) is 8.87. The van der Waals surface area contributed by atoms with Gasteiger partial charge in [0.05, 0.1) is 22.4 Å². The number of ether oxygens (including phenoxy) is 1. The molecule has 53 heavy (non-hydrogen) atoms. The van der Waals surface area contributed by atoms with Crippen LogP contribution < -0.4 is 10.1 Å². The molecular formula is C40H38F3N3O7. The summed E-state index contributed by atoms with van der Waals surface area (Å²) in [5, 5.41) is 12.4. The molecule has 1 heterocycles. The van der Waals surface area contributed by atoms with Crippen LogP contribution >= 0.6 is 0 Å². The number of aryl methyl sites for hydroxylation is 1. The number of hydrogen-bond acceptors (Lipinski definition) is 6. The highest BCUT2D eigenvalue weighted by Crippen LogP contribution is 2.32. The number of anilines is 1. The lowest BCUT2D eigenvalue weighted by Crippen LogP contribution is -2.27. The average molecular weight is 730 g/mol. The number of alkyl halides is 3. The van der Waals surface area contributed by atoms with E-state index in [1.54, 1.807) is 61.5 Å². The van der Waals surface area contributed by atoms with E-state index in [4.69, 9.17) is 4.74 Å². The quantitative estimate of drug-likeness (QED) is 0.111. The van der Waals surface area contributed by atoms with Crippen LogP contribution in [0, 0.1) is 0 Å². The predicted octanol–water partition coefficient (Wildman–Crippen LogP) is 7.12. The smallest absolute Gasteiger partial charge is 0.416 e. The molecule has 1 aliphatic rings. The van der Waals surface area contributed by atoms with Gasteiger partial charge in [0.15, 0.2) is 0 Å². The molecule has 1 fully saturated rings. The average Bonchev–Trinajstić information content (AvgIpc) is 3.54. The highest BCUT2D eigenvalue weighted by Gasteiger charge is 2.30. The fourth-order valence-corrected chi connectivity index (χ4v) is 6.10. The molecule has 2 N–H and O–H groups in total. The Morgan fingerprint density at radius 1 is 0.887 bits per heavy atom. The van der Waals surface area contributed by atoms with Crippen LogP contribution in [-0.4, -0.2) is 71.8 Å². The van der Waals surface area contributed by atoms with Gasteiger partial charge in [-0.2, -0.15) is 13.2 Å². The Morgan fingerprint density at radius 2 is 1.62 bits per heavy atom. The maximum Gasteiger partial charge on any atom is 0.416 e. The Balaban J connectivity index is 1.24. The maximum atomic E-state index is 13.5. The fourth-order valence-electron chi connectivity index (χ4n) is 6.10. The molecule has 4 aromatic carbocycles. The van der Waals surface area contributed by atoms with Gasteiger partial charge in [-0.05, 0) is 96.5 Å². The Bertz CT molecular complexity index is 2030. The third kappa shape index (κ3) is 9.67. The van der Waals surface area contributed by atoms with Crippen molar-refractivity contribution in [2.45, 2.75) is 44.7 Å². The summed E-state index contributed by atoms with van der Waals surface area (Å²) >= 11 is 0. The van der Waals surface area contributed by atoms with Crippen LogP contribution in [0.4, 0.5) is 18.9 Å². The predicted molar refractivity (Wildman–Crippen MR) is 191 cm³/mol. The maximum absolute atomic E-state index is 13.5. The molecule has 1 aliphatic heterocycles. The van der Waals surface area contributed by atoms with Gasteiger partial charge in [0.1, 0.15) is 5.75 Å².